The van der Waals surface area contributed by atoms with Gasteiger partial charge in [0.1, 0.15) is 5.75 Å². The Hall–Kier alpha value is -1.97. The number of methoxy groups -OCH3 is 1. The van der Waals surface area contributed by atoms with E-state index in [1.54, 1.807) is 7.11 Å². The van der Waals surface area contributed by atoms with Gasteiger partial charge in [0.15, 0.2) is 0 Å². The Morgan fingerprint density at radius 3 is 2.95 bits per heavy atom. The predicted octanol–water partition coefficient (Wildman–Crippen LogP) is 3.47. The van der Waals surface area contributed by atoms with Crippen molar-refractivity contribution in [2.75, 3.05) is 12.4 Å². The van der Waals surface area contributed by atoms with Crippen molar-refractivity contribution >= 4 is 5.69 Å². The predicted molar refractivity (Wildman–Crippen MR) is 77.5 cm³/mol. The molecule has 0 aliphatic heterocycles. The van der Waals surface area contributed by atoms with Crippen LogP contribution in [-0.4, -0.2) is 16.9 Å². The molecule has 1 atom stereocenters. The molecule has 4 heteroatoms. The Kier molecular flexibility index (Phi) is 4.44. The molecule has 0 spiro atoms. The van der Waals surface area contributed by atoms with Crippen molar-refractivity contribution in [2.45, 2.75) is 32.9 Å². The van der Waals surface area contributed by atoms with E-state index in [9.17, 15) is 0 Å². The molecule has 0 fully saturated rings. The number of aromatic nitrogens is 2. The van der Waals surface area contributed by atoms with Crippen molar-refractivity contribution in [1.29, 1.82) is 0 Å². The molecule has 2 rings (SSSR count). The minimum atomic E-state index is 0.450. The third-order valence-corrected chi connectivity index (χ3v) is 3.25. The van der Waals surface area contributed by atoms with E-state index in [1.807, 2.05) is 35.1 Å². The van der Waals surface area contributed by atoms with Gasteiger partial charge in [0, 0.05) is 24.0 Å². The van der Waals surface area contributed by atoms with Crippen LogP contribution < -0.4 is 10.1 Å². The Morgan fingerprint density at radius 1 is 1.37 bits per heavy atom. The third-order valence-electron chi connectivity index (χ3n) is 3.25. The summed E-state index contributed by atoms with van der Waals surface area (Å²) in [4.78, 5) is 0. The van der Waals surface area contributed by atoms with Crippen molar-refractivity contribution in [3.05, 3.63) is 42.2 Å². The second kappa shape index (κ2) is 6.27. The number of hydrogen-bond acceptors (Lipinski definition) is 3. The van der Waals surface area contributed by atoms with Gasteiger partial charge in [-0.2, -0.15) is 5.10 Å². The van der Waals surface area contributed by atoms with E-state index in [-0.39, 0.29) is 0 Å². The minimum absolute atomic E-state index is 0.450. The number of anilines is 1. The zero-order valence-corrected chi connectivity index (χ0v) is 11.8. The molecular weight excluding hydrogens is 238 g/mol. The lowest BCUT2D eigenvalue weighted by Gasteiger charge is -2.09. The largest absolute Gasteiger partial charge is 0.497 e. The summed E-state index contributed by atoms with van der Waals surface area (Å²) in [6, 6.07) is 10.4. The highest BCUT2D eigenvalue weighted by molar-refractivity contribution is 5.48. The SMILES string of the molecule is CCC(C)n1ccc(CNc2cccc(OC)c2)n1. The van der Waals surface area contributed by atoms with Gasteiger partial charge in [0.2, 0.25) is 0 Å². The molecule has 1 N–H and O–H groups in total. The molecule has 2 aromatic rings. The number of benzene rings is 1. The monoisotopic (exact) mass is 259 g/mol. The number of rotatable bonds is 6. The Balaban J connectivity index is 1.96. The highest BCUT2D eigenvalue weighted by Gasteiger charge is 2.04. The molecule has 0 radical (unpaired) electrons. The second-order valence-electron chi connectivity index (χ2n) is 4.63. The molecule has 0 amide bonds. The molecule has 102 valence electrons. The van der Waals surface area contributed by atoms with Crippen LogP contribution in [0, 0.1) is 0 Å². The van der Waals surface area contributed by atoms with Gasteiger partial charge in [0.05, 0.1) is 19.3 Å². The number of nitrogens with one attached hydrogen (secondary N) is 1. The van der Waals surface area contributed by atoms with Gasteiger partial charge in [-0.3, -0.25) is 4.68 Å². The standard InChI is InChI=1S/C15H21N3O/c1-4-12(2)18-9-8-14(17-18)11-16-13-6-5-7-15(10-13)19-3/h5-10,12,16H,4,11H2,1-3H3. The Labute approximate surface area is 114 Å². The van der Waals surface area contributed by atoms with Crippen LogP contribution in [0.4, 0.5) is 5.69 Å². The van der Waals surface area contributed by atoms with Gasteiger partial charge in [-0.25, -0.2) is 0 Å². The van der Waals surface area contributed by atoms with E-state index in [1.165, 1.54) is 0 Å². The van der Waals surface area contributed by atoms with Crippen LogP contribution in [0.2, 0.25) is 0 Å². The lowest BCUT2D eigenvalue weighted by molar-refractivity contribution is 0.415. The lowest BCUT2D eigenvalue weighted by atomic mass is 10.3. The maximum absolute atomic E-state index is 5.20. The third kappa shape index (κ3) is 3.50. The zero-order valence-electron chi connectivity index (χ0n) is 11.8. The smallest absolute Gasteiger partial charge is 0.120 e. The number of nitrogens with zero attached hydrogens (tertiary/aromatic N) is 2. The molecule has 0 saturated heterocycles. The molecule has 1 aromatic carbocycles. The first-order chi connectivity index (χ1) is 9.22. The first-order valence-electron chi connectivity index (χ1n) is 6.65. The van der Waals surface area contributed by atoms with E-state index in [0.717, 1.165) is 30.1 Å². The lowest BCUT2D eigenvalue weighted by Crippen LogP contribution is -2.06. The van der Waals surface area contributed by atoms with Crippen molar-refractivity contribution in [2.24, 2.45) is 0 Å². The van der Waals surface area contributed by atoms with Crippen molar-refractivity contribution in [1.82, 2.24) is 9.78 Å². The summed E-state index contributed by atoms with van der Waals surface area (Å²) in [6.07, 6.45) is 3.13. The fourth-order valence-electron chi connectivity index (χ4n) is 1.83. The summed E-state index contributed by atoms with van der Waals surface area (Å²) in [7, 11) is 1.67. The molecule has 0 aliphatic rings. The van der Waals surface area contributed by atoms with E-state index >= 15 is 0 Å². The maximum Gasteiger partial charge on any atom is 0.120 e. The van der Waals surface area contributed by atoms with Gasteiger partial charge in [-0.05, 0) is 31.5 Å². The van der Waals surface area contributed by atoms with Crippen molar-refractivity contribution in [3.63, 3.8) is 0 Å². The van der Waals surface area contributed by atoms with Crippen LogP contribution in [0.15, 0.2) is 36.5 Å². The molecule has 1 heterocycles. The average Bonchev–Trinajstić information content (AvgIpc) is 2.93. The fraction of sp³-hybridized carbons (Fsp3) is 0.400. The van der Waals surface area contributed by atoms with Crippen LogP contribution in [0.25, 0.3) is 0 Å². The quantitative estimate of drug-likeness (QED) is 0.863. The van der Waals surface area contributed by atoms with Crippen LogP contribution >= 0.6 is 0 Å². The van der Waals surface area contributed by atoms with Crippen LogP contribution in [0.5, 0.6) is 5.75 Å². The summed E-state index contributed by atoms with van der Waals surface area (Å²) in [5.74, 6) is 0.857. The molecule has 0 saturated carbocycles. The summed E-state index contributed by atoms with van der Waals surface area (Å²) < 4.78 is 7.21. The Morgan fingerprint density at radius 2 is 2.21 bits per heavy atom. The van der Waals surface area contributed by atoms with Crippen molar-refractivity contribution < 1.29 is 4.74 Å². The second-order valence-corrected chi connectivity index (χ2v) is 4.63. The zero-order chi connectivity index (χ0) is 13.7. The normalized spacial score (nSPS) is 12.2. The van der Waals surface area contributed by atoms with E-state index in [0.29, 0.717) is 6.04 Å². The van der Waals surface area contributed by atoms with E-state index in [4.69, 9.17) is 4.74 Å². The topological polar surface area (TPSA) is 39.1 Å². The Bertz CT molecular complexity index is 522. The molecule has 0 aliphatic carbocycles. The van der Waals surface area contributed by atoms with Gasteiger partial charge in [-0.1, -0.05) is 13.0 Å². The van der Waals surface area contributed by atoms with Crippen molar-refractivity contribution in [3.8, 4) is 5.75 Å². The van der Waals surface area contributed by atoms with Gasteiger partial charge >= 0.3 is 0 Å². The van der Waals surface area contributed by atoms with E-state index < -0.39 is 0 Å². The van der Waals surface area contributed by atoms with Crippen LogP contribution in [0.1, 0.15) is 32.0 Å². The summed E-state index contributed by atoms with van der Waals surface area (Å²) >= 11 is 0. The number of hydrogen-bond donors (Lipinski definition) is 1. The minimum Gasteiger partial charge on any atom is -0.497 e. The van der Waals surface area contributed by atoms with E-state index in [2.05, 4.69) is 30.3 Å². The molecule has 0 bridgehead atoms. The summed E-state index contributed by atoms with van der Waals surface area (Å²) in [5.41, 5.74) is 2.08. The van der Waals surface area contributed by atoms with Crippen LogP contribution in [-0.2, 0) is 6.54 Å². The molecule has 1 aromatic heterocycles. The summed E-state index contributed by atoms with van der Waals surface area (Å²) in [6.45, 7) is 5.06. The van der Waals surface area contributed by atoms with Gasteiger partial charge in [0.25, 0.3) is 0 Å². The number of ether oxygens (including phenoxy) is 1. The average molecular weight is 259 g/mol. The molecular formula is C15H21N3O. The first-order valence-corrected chi connectivity index (χ1v) is 6.65. The summed E-state index contributed by atoms with van der Waals surface area (Å²) in [5, 5.41) is 7.91. The molecule has 19 heavy (non-hydrogen) atoms. The highest BCUT2D eigenvalue weighted by atomic mass is 16.5. The first kappa shape index (κ1) is 13.5. The fourth-order valence-corrected chi connectivity index (χ4v) is 1.83. The van der Waals surface area contributed by atoms with Gasteiger partial charge in [-0.15, -0.1) is 0 Å². The maximum atomic E-state index is 5.20. The van der Waals surface area contributed by atoms with Gasteiger partial charge < -0.3 is 10.1 Å². The molecule has 1 unspecified atom stereocenters. The highest BCUT2D eigenvalue weighted by Crippen LogP contribution is 2.17. The van der Waals surface area contributed by atoms with Crippen LogP contribution in [0.3, 0.4) is 0 Å². The molecule has 4 nitrogen and oxygen atoms in total.